The molecule has 2 aromatic rings. The number of nitrogens with zero attached hydrogens (tertiary/aromatic N) is 1. The van der Waals surface area contributed by atoms with Crippen molar-refractivity contribution in [3.05, 3.63) is 65.1 Å². The van der Waals surface area contributed by atoms with Gasteiger partial charge in [0.2, 0.25) is 0 Å². The van der Waals surface area contributed by atoms with Crippen LogP contribution in [-0.2, 0) is 4.79 Å². The Bertz CT molecular complexity index is 788. The molecule has 0 radical (unpaired) electrons. The van der Waals surface area contributed by atoms with Gasteiger partial charge in [-0.25, -0.2) is 0 Å². The van der Waals surface area contributed by atoms with Gasteiger partial charge in [0, 0.05) is 7.05 Å². The maximum atomic E-state index is 12.0. The van der Waals surface area contributed by atoms with Crippen LogP contribution in [0.25, 0.3) is 6.08 Å². The molecular formula is C19H17NO3S2. The molecule has 1 aliphatic heterocycles. The lowest BCUT2D eigenvalue weighted by Gasteiger charge is -2.08. The lowest BCUT2D eigenvalue weighted by molar-refractivity contribution is -0.121. The number of amides is 1. The normalized spacial score (nSPS) is 15.7. The summed E-state index contributed by atoms with van der Waals surface area (Å²) in [6.07, 6.45) is 1.84. The Morgan fingerprint density at radius 3 is 2.16 bits per heavy atom. The molecule has 1 fully saturated rings. The summed E-state index contributed by atoms with van der Waals surface area (Å²) in [4.78, 5) is 14.1. The van der Waals surface area contributed by atoms with Gasteiger partial charge in [0.25, 0.3) is 5.91 Å². The highest BCUT2D eigenvalue weighted by atomic mass is 32.2. The molecule has 1 heterocycles. The molecular weight excluding hydrogens is 354 g/mol. The molecule has 0 unspecified atom stereocenters. The molecule has 3 rings (SSSR count). The monoisotopic (exact) mass is 371 g/mol. The van der Waals surface area contributed by atoms with Gasteiger partial charge in [0.1, 0.15) is 29.0 Å². The number of rotatable bonds is 6. The number of carbonyl (C=O) groups excluding carboxylic acids is 1. The van der Waals surface area contributed by atoms with Crippen molar-refractivity contribution < 1.29 is 14.3 Å². The molecule has 4 nitrogen and oxygen atoms in total. The van der Waals surface area contributed by atoms with E-state index in [1.54, 1.807) is 7.05 Å². The molecule has 25 heavy (non-hydrogen) atoms. The third-order valence-electron chi connectivity index (χ3n) is 3.53. The SMILES string of the molecule is CN1C(=O)C(=Cc2ccc(OCCOc3ccccc3)cc2)SC1=S. The Labute approximate surface area is 156 Å². The van der Waals surface area contributed by atoms with Crippen LogP contribution in [0.2, 0.25) is 0 Å². The van der Waals surface area contributed by atoms with E-state index in [0.29, 0.717) is 22.4 Å². The maximum Gasteiger partial charge on any atom is 0.265 e. The Hall–Kier alpha value is -2.31. The average molecular weight is 371 g/mol. The molecule has 6 heteroatoms. The third-order valence-corrected chi connectivity index (χ3v) is 5.01. The minimum atomic E-state index is -0.0617. The predicted octanol–water partition coefficient (Wildman–Crippen LogP) is 3.98. The van der Waals surface area contributed by atoms with E-state index in [9.17, 15) is 4.79 Å². The van der Waals surface area contributed by atoms with Crippen molar-refractivity contribution in [2.24, 2.45) is 0 Å². The van der Waals surface area contributed by atoms with Gasteiger partial charge >= 0.3 is 0 Å². The lowest BCUT2D eigenvalue weighted by atomic mass is 10.2. The zero-order valence-electron chi connectivity index (χ0n) is 13.7. The van der Waals surface area contributed by atoms with E-state index >= 15 is 0 Å². The zero-order chi connectivity index (χ0) is 17.6. The van der Waals surface area contributed by atoms with E-state index in [4.69, 9.17) is 21.7 Å². The van der Waals surface area contributed by atoms with Crippen LogP contribution in [0.5, 0.6) is 11.5 Å². The van der Waals surface area contributed by atoms with Crippen molar-refractivity contribution >= 4 is 40.3 Å². The Kier molecular flexibility index (Phi) is 5.73. The van der Waals surface area contributed by atoms with Crippen molar-refractivity contribution in [1.82, 2.24) is 4.90 Å². The molecule has 0 aliphatic carbocycles. The number of para-hydroxylation sites is 1. The lowest BCUT2D eigenvalue weighted by Crippen LogP contribution is -2.22. The van der Waals surface area contributed by atoms with Gasteiger partial charge in [-0.05, 0) is 35.9 Å². The zero-order valence-corrected chi connectivity index (χ0v) is 15.3. The number of ether oxygens (including phenoxy) is 2. The summed E-state index contributed by atoms with van der Waals surface area (Å²) in [7, 11) is 1.69. The van der Waals surface area contributed by atoms with E-state index in [2.05, 4.69) is 0 Å². The summed E-state index contributed by atoms with van der Waals surface area (Å²) in [5.41, 5.74) is 0.932. The smallest absolute Gasteiger partial charge is 0.265 e. The van der Waals surface area contributed by atoms with Crippen LogP contribution >= 0.6 is 24.0 Å². The molecule has 2 aromatic carbocycles. The summed E-state index contributed by atoms with van der Waals surface area (Å²) in [6.45, 7) is 0.938. The number of hydrogen-bond donors (Lipinski definition) is 0. The molecule has 0 N–H and O–H groups in total. The van der Waals surface area contributed by atoms with Crippen LogP contribution in [0, 0.1) is 0 Å². The van der Waals surface area contributed by atoms with Gasteiger partial charge in [-0.15, -0.1) is 0 Å². The summed E-state index contributed by atoms with van der Waals surface area (Å²) >= 11 is 6.44. The van der Waals surface area contributed by atoms with E-state index in [1.807, 2.05) is 60.7 Å². The first-order chi connectivity index (χ1) is 12.1. The van der Waals surface area contributed by atoms with Crippen LogP contribution in [0.3, 0.4) is 0 Å². The van der Waals surface area contributed by atoms with E-state index in [1.165, 1.54) is 16.7 Å². The first-order valence-corrected chi connectivity index (χ1v) is 8.98. The van der Waals surface area contributed by atoms with E-state index < -0.39 is 0 Å². The predicted molar refractivity (Wildman–Crippen MR) is 105 cm³/mol. The summed E-state index contributed by atoms with van der Waals surface area (Å²) in [5.74, 6) is 1.53. The van der Waals surface area contributed by atoms with Crippen molar-refractivity contribution in [3.8, 4) is 11.5 Å². The second-order valence-electron chi connectivity index (χ2n) is 5.32. The fourth-order valence-corrected chi connectivity index (χ4v) is 3.37. The van der Waals surface area contributed by atoms with Crippen molar-refractivity contribution in [1.29, 1.82) is 0 Å². The average Bonchev–Trinajstić information content (AvgIpc) is 2.88. The number of benzene rings is 2. The quantitative estimate of drug-likeness (QED) is 0.436. The van der Waals surface area contributed by atoms with Gasteiger partial charge in [-0.2, -0.15) is 0 Å². The molecule has 0 spiro atoms. The standard InChI is InChI=1S/C19H17NO3S2/c1-20-18(21)17(25-19(20)24)13-14-7-9-16(10-8-14)23-12-11-22-15-5-3-2-4-6-15/h2-10,13H,11-12H2,1H3. The number of hydrogen-bond acceptors (Lipinski definition) is 5. The van der Waals surface area contributed by atoms with Crippen LogP contribution < -0.4 is 9.47 Å². The van der Waals surface area contributed by atoms with Gasteiger partial charge in [0.15, 0.2) is 0 Å². The van der Waals surface area contributed by atoms with Crippen LogP contribution in [-0.4, -0.2) is 35.4 Å². The van der Waals surface area contributed by atoms with E-state index in [-0.39, 0.29) is 5.91 Å². The summed E-state index contributed by atoms with van der Waals surface area (Å²) < 4.78 is 11.8. The van der Waals surface area contributed by atoms with Crippen molar-refractivity contribution in [2.45, 2.75) is 0 Å². The van der Waals surface area contributed by atoms with Gasteiger partial charge in [0.05, 0.1) is 4.91 Å². The van der Waals surface area contributed by atoms with Crippen LogP contribution in [0.15, 0.2) is 59.5 Å². The number of carbonyl (C=O) groups is 1. The first kappa shape index (κ1) is 17.5. The highest BCUT2D eigenvalue weighted by Gasteiger charge is 2.28. The van der Waals surface area contributed by atoms with Crippen LogP contribution in [0.4, 0.5) is 0 Å². The molecule has 0 aromatic heterocycles. The van der Waals surface area contributed by atoms with Crippen LogP contribution in [0.1, 0.15) is 5.56 Å². The van der Waals surface area contributed by atoms with Crippen molar-refractivity contribution in [2.75, 3.05) is 20.3 Å². The number of likely N-dealkylation sites (N-methyl/N-ethyl adjacent to an activating group) is 1. The minimum absolute atomic E-state index is 0.0617. The third kappa shape index (κ3) is 4.61. The Morgan fingerprint density at radius 2 is 1.60 bits per heavy atom. The highest BCUT2D eigenvalue weighted by molar-refractivity contribution is 8.26. The molecule has 0 bridgehead atoms. The highest BCUT2D eigenvalue weighted by Crippen LogP contribution is 2.31. The van der Waals surface area contributed by atoms with Gasteiger partial charge in [-0.3, -0.25) is 9.69 Å². The number of thiocarbonyl (C=S) groups is 1. The molecule has 128 valence electrons. The summed E-state index contributed by atoms with van der Waals surface area (Å²) in [5, 5.41) is 0. The molecule has 0 saturated carbocycles. The Morgan fingerprint density at radius 1 is 1.00 bits per heavy atom. The second kappa shape index (κ2) is 8.18. The molecule has 1 saturated heterocycles. The first-order valence-electron chi connectivity index (χ1n) is 7.76. The topological polar surface area (TPSA) is 38.8 Å². The fourth-order valence-electron chi connectivity index (χ4n) is 2.19. The fraction of sp³-hybridized carbons (Fsp3) is 0.158. The van der Waals surface area contributed by atoms with Gasteiger partial charge in [-0.1, -0.05) is 54.3 Å². The molecule has 1 aliphatic rings. The minimum Gasteiger partial charge on any atom is -0.490 e. The molecule has 0 atom stereocenters. The van der Waals surface area contributed by atoms with Crippen molar-refractivity contribution in [3.63, 3.8) is 0 Å². The van der Waals surface area contributed by atoms with E-state index in [0.717, 1.165) is 17.1 Å². The van der Waals surface area contributed by atoms with Gasteiger partial charge < -0.3 is 9.47 Å². The maximum absolute atomic E-state index is 12.0. The summed E-state index contributed by atoms with van der Waals surface area (Å²) in [6, 6.07) is 17.2. The second-order valence-corrected chi connectivity index (χ2v) is 7.00. The Balaban J connectivity index is 1.51. The largest absolute Gasteiger partial charge is 0.490 e. The number of thioether (sulfide) groups is 1. The molecule has 1 amide bonds.